The number of rotatable bonds is 3. The summed E-state index contributed by atoms with van der Waals surface area (Å²) in [7, 11) is 0. The Morgan fingerprint density at radius 2 is 2.00 bits per heavy atom. The summed E-state index contributed by atoms with van der Waals surface area (Å²) in [6.07, 6.45) is 6.58. The van der Waals surface area contributed by atoms with Crippen molar-refractivity contribution in [2.24, 2.45) is 16.6 Å². The molecule has 0 spiro atoms. The molecule has 1 atom stereocenters. The molecule has 1 fully saturated rings. The summed E-state index contributed by atoms with van der Waals surface area (Å²) in [6, 6.07) is 0.281. The zero-order valence-electron chi connectivity index (χ0n) is 11.8. The molecule has 2 aliphatic rings. The molecule has 0 bridgehead atoms. The summed E-state index contributed by atoms with van der Waals surface area (Å²) in [5, 5.41) is 0. The fourth-order valence-corrected chi connectivity index (χ4v) is 3.34. The van der Waals surface area contributed by atoms with Crippen LogP contribution in [0.25, 0.3) is 0 Å². The van der Waals surface area contributed by atoms with Crippen molar-refractivity contribution < 1.29 is 4.79 Å². The van der Waals surface area contributed by atoms with Crippen LogP contribution in [0, 0.1) is 5.92 Å². The van der Waals surface area contributed by atoms with Gasteiger partial charge in [0.05, 0.1) is 0 Å². The number of aliphatic imine (C=N–C) groups is 1. The number of nitrogens with zero attached hydrogens (tertiary/aromatic N) is 2. The van der Waals surface area contributed by atoms with Crippen molar-refractivity contribution in [2.45, 2.75) is 70.9 Å². The maximum atomic E-state index is 12.6. The molecular formula is C14H25N3O. The third-order valence-electron chi connectivity index (χ3n) is 4.03. The van der Waals surface area contributed by atoms with Gasteiger partial charge in [-0.2, -0.15) is 0 Å². The second-order valence-corrected chi connectivity index (χ2v) is 6.31. The molecule has 102 valence electrons. The summed E-state index contributed by atoms with van der Waals surface area (Å²) in [4.78, 5) is 18.9. The minimum absolute atomic E-state index is 0.112. The van der Waals surface area contributed by atoms with Crippen LogP contribution in [-0.2, 0) is 4.79 Å². The lowest BCUT2D eigenvalue weighted by atomic mass is 9.89. The lowest BCUT2D eigenvalue weighted by Crippen LogP contribution is -2.49. The Labute approximate surface area is 110 Å². The number of hydrogen-bond acceptors (Lipinski definition) is 3. The van der Waals surface area contributed by atoms with Crippen molar-refractivity contribution in [1.29, 1.82) is 0 Å². The van der Waals surface area contributed by atoms with Crippen LogP contribution in [0.1, 0.15) is 59.3 Å². The van der Waals surface area contributed by atoms with Crippen molar-refractivity contribution in [2.75, 3.05) is 0 Å². The molecule has 1 aliphatic heterocycles. The van der Waals surface area contributed by atoms with Crippen LogP contribution in [0.15, 0.2) is 4.99 Å². The first-order valence-electron chi connectivity index (χ1n) is 7.13. The molecule has 1 aliphatic carbocycles. The van der Waals surface area contributed by atoms with Gasteiger partial charge in [-0.1, -0.05) is 33.1 Å². The molecule has 0 aromatic heterocycles. The molecular weight excluding hydrogens is 226 g/mol. The Morgan fingerprint density at radius 3 is 2.56 bits per heavy atom. The molecule has 0 aromatic rings. The summed E-state index contributed by atoms with van der Waals surface area (Å²) < 4.78 is 0. The van der Waals surface area contributed by atoms with Gasteiger partial charge in [-0.25, -0.2) is 4.99 Å². The first kappa shape index (κ1) is 13.4. The van der Waals surface area contributed by atoms with E-state index in [1.165, 1.54) is 19.3 Å². The normalized spacial score (nSPS) is 30.1. The molecule has 1 saturated carbocycles. The molecule has 1 unspecified atom stereocenters. The fourth-order valence-electron chi connectivity index (χ4n) is 3.34. The van der Waals surface area contributed by atoms with E-state index in [-0.39, 0.29) is 11.9 Å². The van der Waals surface area contributed by atoms with E-state index in [1.54, 1.807) is 4.90 Å². The predicted octanol–water partition coefficient (Wildman–Crippen LogP) is 2.28. The van der Waals surface area contributed by atoms with Gasteiger partial charge in [-0.3, -0.25) is 9.69 Å². The third kappa shape index (κ3) is 2.38. The zero-order chi connectivity index (χ0) is 13.3. The minimum Gasteiger partial charge on any atom is -0.369 e. The first-order valence-corrected chi connectivity index (χ1v) is 7.13. The van der Waals surface area contributed by atoms with Crippen LogP contribution >= 0.6 is 0 Å². The molecule has 4 heteroatoms. The molecule has 18 heavy (non-hydrogen) atoms. The lowest BCUT2D eigenvalue weighted by molar-refractivity contribution is -0.133. The van der Waals surface area contributed by atoms with Gasteiger partial charge >= 0.3 is 0 Å². The Morgan fingerprint density at radius 1 is 1.39 bits per heavy atom. The highest BCUT2D eigenvalue weighted by molar-refractivity contribution is 6.06. The molecule has 1 heterocycles. The van der Waals surface area contributed by atoms with Gasteiger partial charge in [0.2, 0.25) is 0 Å². The second kappa shape index (κ2) is 4.90. The Kier molecular flexibility index (Phi) is 3.64. The maximum Gasteiger partial charge on any atom is 0.257 e. The van der Waals surface area contributed by atoms with E-state index in [9.17, 15) is 4.79 Å². The van der Waals surface area contributed by atoms with Crippen molar-refractivity contribution in [3.63, 3.8) is 0 Å². The molecule has 4 nitrogen and oxygen atoms in total. The van der Waals surface area contributed by atoms with E-state index in [0.717, 1.165) is 19.3 Å². The van der Waals surface area contributed by atoms with Gasteiger partial charge < -0.3 is 5.73 Å². The van der Waals surface area contributed by atoms with Crippen molar-refractivity contribution in [3.05, 3.63) is 0 Å². The number of nitrogens with two attached hydrogens (primary N) is 1. The molecule has 0 radical (unpaired) electrons. The predicted molar refractivity (Wildman–Crippen MR) is 73.2 cm³/mol. The van der Waals surface area contributed by atoms with E-state index < -0.39 is 5.54 Å². The Balaban J connectivity index is 2.15. The zero-order valence-corrected chi connectivity index (χ0v) is 11.8. The minimum atomic E-state index is -0.629. The van der Waals surface area contributed by atoms with Crippen LogP contribution in [-0.4, -0.2) is 28.3 Å². The van der Waals surface area contributed by atoms with Gasteiger partial charge in [0.15, 0.2) is 5.96 Å². The van der Waals surface area contributed by atoms with Crippen molar-refractivity contribution in [3.8, 4) is 0 Å². The Hall–Kier alpha value is -1.06. The number of guanidine groups is 1. The summed E-state index contributed by atoms with van der Waals surface area (Å²) in [5.41, 5.74) is 5.38. The van der Waals surface area contributed by atoms with Crippen LogP contribution in [0.3, 0.4) is 0 Å². The number of amides is 1. The van der Waals surface area contributed by atoms with E-state index in [1.807, 2.05) is 6.92 Å². The standard InChI is InChI=1S/C14H25N3O/c1-10(2)9-14(3)12(18)17(13(15)16-14)11-7-5-4-6-8-11/h10-11H,4-9H2,1-3H3,(H2,15,16). The van der Waals surface area contributed by atoms with Gasteiger partial charge in [0.25, 0.3) is 5.91 Å². The van der Waals surface area contributed by atoms with Crippen molar-refractivity contribution in [1.82, 2.24) is 4.90 Å². The smallest absolute Gasteiger partial charge is 0.257 e. The largest absolute Gasteiger partial charge is 0.369 e. The average molecular weight is 251 g/mol. The SMILES string of the molecule is CC(C)CC1(C)N=C(N)N(C2CCCCC2)C1=O. The third-order valence-corrected chi connectivity index (χ3v) is 4.03. The molecule has 2 rings (SSSR count). The monoisotopic (exact) mass is 251 g/mol. The highest BCUT2D eigenvalue weighted by Crippen LogP contribution is 2.33. The molecule has 2 N–H and O–H groups in total. The van der Waals surface area contributed by atoms with Crippen LogP contribution in [0.5, 0.6) is 0 Å². The number of carbonyl (C=O) groups excluding carboxylic acids is 1. The van der Waals surface area contributed by atoms with Crippen molar-refractivity contribution >= 4 is 11.9 Å². The van der Waals surface area contributed by atoms with E-state index in [0.29, 0.717) is 11.9 Å². The van der Waals surface area contributed by atoms with Crippen LogP contribution < -0.4 is 5.73 Å². The quantitative estimate of drug-likeness (QED) is 0.836. The maximum absolute atomic E-state index is 12.6. The fraction of sp³-hybridized carbons (Fsp3) is 0.857. The summed E-state index contributed by atoms with van der Waals surface area (Å²) in [5.74, 6) is 0.998. The van der Waals surface area contributed by atoms with Gasteiger partial charge in [-0.15, -0.1) is 0 Å². The highest BCUT2D eigenvalue weighted by atomic mass is 16.2. The van der Waals surface area contributed by atoms with Gasteiger partial charge in [0, 0.05) is 6.04 Å². The number of carbonyl (C=O) groups is 1. The van der Waals surface area contributed by atoms with E-state index >= 15 is 0 Å². The lowest BCUT2D eigenvalue weighted by Gasteiger charge is -2.32. The Bertz CT molecular complexity index is 358. The number of hydrogen-bond donors (Lipinski definition) is 1. The van der Waals surface area contributed by atoms with E-state index in [4.69, 9.17) is 5.73 Å². The van der Waals surface area contributed by atoms with Crippen LogP contribution in [0.2, 0.25) is 0 Å². The van der Waals surface area contributed by atoms with Crippen LogP contribution in [0.4, 0.5) is 0 Å². The van der Waals surface area contributed by atoms with Gasteiger partial charge in [-0.05, 0) is 32.1 Å². The second-order valence-electron chi connectivity index (χ2n) is 6.31. The highest BCUT2D eigenvalue weighted by Gasteiger charge is 2.46. The molecule has 0 aromatic carbocycles. The summed E-state index contributed by atoms with van der Waals surface area (Å²) >= 11 is 0. The molecule has 0 saturated heterocycles. The topological polar surface area (TPSA) is 58.7 Å². The van der Waals surface area contributed by atoms with E-state index in [2.05, 4.69) is 18.8 Å². The van der Waals surface area contributed by atoms with Gasteiger partial charge in [0.1, 0.15) is 5.54 Å². The first-order chi connectivity index (χ1) is 8.44. The average Bonchev–Trinajstić information content (AvgIpc) is 2.49. The molecule has 1 amide bonds. The summed E-state index contributed by atoms with van der Waals surface area (Å²) in [6.45, 7) is 6.16.